The lowest BCUT2D eigenvalue weighted by Gasteiger charge is -2.23. The van der Waals surface area contributed by atoms with E-state index in [0.29, 0.717) is 23.0 Å². The van der Waals surface area contributed by atoms with Crippen LogP contribution in [0.1, 0.15) is 5.56 Å². The van der Waals surface area contributed by atoms with E-state index in [0.717, 1.165) is 5.56 Å². The van der Waals surface area contributed by atoms with Gasteiger partial charge in [-0.05, 0) is 12.1 Å². The van der Waals surface area contributed by atoms with Crippen LogP contribution >= 0.6 is 0 Å². The molecule has 0 aliphatic carbocycles. The van der Waals surface area contributed by atoms with Crippen LogP contribution in [0, 0.1) is 0 Å². The first kappa shape index (κ1) is 15.3. The first-order valence-electron chi connectivity index (χ1n) is 7.00. The van der Waals surface area contributed by atoms with Crippen molar-refractivity contribution in [2.24, 2.45) is 5.73 Å². The van der Waals surface area contributed by atoms with Crippen LogP contribution in [-0.2, 0) is 15.6 Å². The van der Waals surface area contributed by atoms with Gasteiger partial charge in [0.2, 0.25) is 5.91 Å². The van der Waals surface area contributed by atoms with Crippen LogP contribution in [0.3, 0.4) is 0 Å². The summed E-state index contributed by atoms with van der Waals surface area (Å²) < 4.78 is 23.9. The minimum absolute atomic E-state index is 0.0570. The quantitative estimate of drug-likeness (QED) is 0.911. The molecule has 2 N–H and O–H groups in total. The van der Waals surface area contributed by atoms with Gasteiger partial charge >= 0.3 is 0 Å². The molecule has 2 aromatic rings. The van der Waals surface area contributed by atoms with Gasteiger partial charge in [0.05, 0.1) is 5.75 Å². The van der Waals surface area contributed by atoms with Gasteiger partial charge in [-0.2, -0.15) is 0 Å². The highest BCUT2D eigenvalue weighted by molar-refractivity contribution is 7.85. The Kier molecular flexibility index (Phi) is 4.43. The molecule has 1 unspecified atom stereocenters. The maximum atomic E-state index is 12.1. The van der Waals surface area contributed by atoms with E-state index in [9.17, 15) is 9.00 Å². The second-order valence-electron chi connectivity index (χ2n) is 4.96. The van der Waals surface area contributed by atoms with Crippen molar-refractivity contribution in [2.45, 2.75) is 0 Å². The van der Waals surface area contributed by atoms with Crippen molar-refractivity contribution in [3.05, 3.63) is 65.9 Å². The number of primary amides is 1. The van der Waals surface area contributed by atoms with E-state index in [1.54, 1.807) is 12.1 Å². The van der Waals surface area contributed by atoms with Crippen LogP contribution < -0.4 is 15.2 Å². The Morgan fingerprint density at radius 3 is 2.22 bits per heavy atom. The average molecular weight is 329 g/mol. The third kappa shape index (κ3) is 3.60. The molecule has 1 heterocycles. The zero-order valence-electron chi connectivity index (χ0n) is 12.2. The highest BCUT2D eigenvalue weighted by atomic mass is 32.2. The van der Waals surface area contributed by atoms with E-state index in [1.807, 2.05) is 42.5 Å². The number of amides is 1. The second kappa shape index (κ2) is 6.66. The van der Waals surface area contributed by atoms with Crippen LogP contribution in [-0.4, -0.2) is 21.6 Å². The fourth-order valence-electron chi connectivity index (χ4n) is 2.23. The monoisotopic (exact) mass is 329 g/mol. The summed E-state index contributed by atoms with van der Waals surface area (Å²) in [6, 6.07) is 16.7. The fourth-order valence-corrected chi connectivity index (χ4v) is 3.13. The van der Waals surface area contributed by atoms with Gasteiger partial charge < -0.3 is 15.2 Å². The number of rotatable bonds is 5. The number of ether oxygens (including phenoxy) is 2. The van der Waals surface area contributed by atoms with E-state index in [4.69, 9.17) is 15.2 Å². The highest BCUT2D eigenvalue weighted by Crippen LogP contribution is 2.38. The Morgan fingerprint density at radius 1 is 0.957 bits per heavy atom. The smallest absolute Gasteiger partial charge is 0.230 e. The molecule has 1 atom stereocenters. The lowest BCUT2D eigenvalue weighted by Crippen LogP contribution is -2.24. The van der Waals surface area contributed by atoms with E-state index in [1.165, 1.54) is 0 Å². The standard InChI is InChI=1S/C17H15NO4S/c18-16(19)11-23(20)10-15-17(12-6-2-1-3-7-12)22-14-9-5-4-8-13(14)21-15/h1-9H,10-11H2,(H2,18,19). The van der Waals surface area contributed by atoms with E-state index < -0.39 is 16.7 Å². The summed E-state index contributed by atoms with van der Waals surface area (Å²) in [4.78, 5) is 10.9. The molecule has 118 valence electrons. The summed E-state index contributed by atoms with van der Waals surface area (Å²) in [7, 11) is -1.46. The Hall–Kier alpha value is -2.60. The summed E-state index contributed by atoms with van der Waals surface area (Å²) in [5.41, 5.74) is 5.91. The molecular formula is C17H15NO4S. The van der Waals surface area contributed by atoms with Crippen molar-refractivity contribution < 1.29 is 18.5 Å². The highest BCUT2D eigenvalue weighted by Gasteiger charge is 2.24. The van der Waals surface area contributed by atoms with Crippen molar-refractivity contribution in [3.63, 3.8) is 0 Å². The number of hydrogen-bond donors (Lipinski definition) is 1. The first-order chi connectivity index (χ1) is 11.1. The second-order valence-corrected chi connectivity index (χ2v) is 6.42. The minimum Gasteiger partial charge on any atom is -0.453 e. The maximum absolute atomic E-state index is 12.1. The van der Waals surface area contributed by atoms with Crippen LogP contribution in [0.25, 0.3) is 5.76 Å². The molecule has 0 radical (unpaired) electrons. The molecule has 0 bridgehead atoms. The van der Waals surface area contributed by atoms with Crippen LogP contribution in [0.2, 0.25) is 0 Å². The SMILES string of the molecule is NC(=O)CS(=O)CC1=C(c2ccccc2)Oc2ccccc2O1. The molecule has 5 nitrogen and oxygen atoms in total. The summed E-state index contributed by atoms with van der Waals surface area (Å²) in [5.74, 6) is 1.31. The van der Waals surface area contributed by atoms with Gasteiger partial charge in [-0.15, -0.1) is 0 Å². The molecule has 1 aliphatic rings. The molecule has 0 aromatic heterocycles. The number of carbonyl (C=O) groups excluding carboxylic acids is 1. The summed E-state index contributed by atoms with van der Waals surface area (Å²) >= 11 is 0. The van der Waals surface area contributed by atoms with Gasteiger partial charge in [0.1, 0.15) is 5.75 Å². The normalized spacial score (nSPS) is 14.4. The maximum Gasteiger partial charge on any atom is 0.230 e. The number of nitrogens with two attached hydrogens (primary N) is 1. The van der Waals surface area contributed by atoms with Crippen LogP contribution in [0.15, 0.2) is 60.4 Å². The zero-order chi connectivity index (χ0) is 16.2. The molecule has 1 aliphatic heterocycles. The minimum atomic E-state index is -1.46. The molecule has 0 saturated heterocycles. The van der Waals surface area contributed by atoms with Gasteiger partial charge in [-0.25, -0.2) is 0 Å². The Bertz CT molecular complexity index is 786. The van der Waals surface area contributed by atoms with Gasteiger partial charge in [0.25, 0.3) is 0 Å². The van der Waals surface area contributed by atoms with E-state index >= 15 is 0 Å². The largest absolute Gasteiger partial charge is 0.453 e. The van der Waals surface area contributed by atoms with Crippen molar-refractivity contribution >= 4 is 22.5 Å². The molecule has 0 spiro atoms. The van der Waals surface area contributed by atoms with E-state index in [2.05, 4.69) is 0 Å². The van der Waals surface area contributed by atoms with Crippen molar-refractivity contribution in [1.29, 1.82) is 0 Å². The predicted octanol–water partition coefficient (Wildman–Crippen LogP) is 2.06. The summed E-state index contributed by atoms with van der Waals surface area (Å²) in [6.45, 7) is 0. The summed E-state index contributed by atoms with van der Waals surface area (Å²) in [5, 5.41) is 0. The van der Waals surface area contributed by atoms with Gasteiger partial charge in [-0.1, -0.05) is 42.5 Å². The molecular weight excluding hydrogens is 314 g/mol. The lowest BCUT2D eigenvalue weighted by molar-refractivity contribution is -0.115. The predicted molar refractivity (Wildman–Crippen MR) is 88.1 cm³/mol. The van der Waals surface area contributed by atoms with Gasteiger partial charge in [0.15, 0.2) is 23.0 Å². The fraction of sp³-hybridized carbons (Fsp3) is 0.118. The van der Waals surface area contributed by atoms with Crippen molar-refractivity contribution in [2.75, 3.05) is 11.5 Å². The Labute approximate surface area is 136 Å². The van der Waals surface area contributed by atoms with Crippen LogP contribution in [0.4, 0.5) is 0 Å². The summed E-state index contributed by atoms with van der Waals surface area (Å²) in [6.07, 6.45) is 0. The van der Waals surface area contributed by atoms with Gasteiger partial charge in [-0.3, -0.25) is 9.00 Å². The zero-order valence-corrected chi connectivity index (χ0v) is 13.0. The number of carbonyl (C=O) groups is 1. The number of hydrogen-bond acceptors (Lipinski definition) is 4. The molecule has 0 fully saturated rings. The average Bonchev–Trinajstić information content (AvgIpc) is 2.54. The third-order valence-corrected chi connectivity index (χ3v) is 4.37. The molecule has 1 amide bonds. The lowest BCUT2D eigenvalue weighted by atomic mass is 10.1. The number of benzene rings is 2. The van der Waals surface area contributed by atoms with Crippen LogP contribution in [0.5, 0.6) is 11.5 Å². The Morgan fingerprint density at radius 2 is 1.57 bits per heavy atom. The molecule has 23 heavy (non-hydrogen) atoms. The number of fused-ring (bicyclic) bond motifs is 1. The van der Waals surface area contributed by atoms with E-state index in [-0.39, 0.29) is 11.5 Å². The molecule has 3 rings (SSSR count). The molecule has 0 saturated carbocycles. The third-order valence-electron chi connectivity index (χ3n) is 3.18. The first-order valence-corrected chi connectivity index (χ1v) is 8.49. The topological polar surface area (TPSA) is 78.6 Å². The molecule has 2 aromatic carbocycles. The number of para-hydroxylation sites is 2. The van der Waals surface area contributed by atoms with Crippen molar-refractivity contribution in [1.82, 2.24) is 0 Å². The van der Waals surface area contributed by atoms with Crippen molar-refractivity contribution in [3.8, 4) is 11.5 Å². The molecule has 6 heteroatoms. The Balaban J connectivity index is 1.96. The van der Waals surface area contributed by atoms with Gasteiger partial charge in [0, 0.05) is 16.4 Å².